The molecular weight excluding hydrogens is 412 g/mol. The van der Waals surface area contributed by atoms with Gasteiger partial charge in [0.15, 0.2) is 6.61 Å². The molecule has 1 aliphatic heterocycles. The van der Waals surface area contributed by atoms with Crippen molar-refractivity contribution in [2.24, 2.45) is 0 Å². The number of benzene rings is 2. The second-order valence-corrected chi connectivity index (χ2v) is 7.27. The van der Waals surface area contributed by atoms with Crippen LogP contribution in [-0.4, -0.2) is 35.1 Å². The number of carbonyl (C=O) groups is 3. The van der Waals surface area contributed by atoms with Gasteiger partial charge >= 0.3 is 0 Å². The zero-order chi connectivity index (χ0) is 20.8. The summed E-state index contributed by atoms with van der Waals surface area (Å²) in [4.78, 5) is 37.3. The van der Waals surface area contributed by atoms with E-state index in [1.165, 1.54) is 0 Å². The molecule has 1 fully saturated rings. The lowest BCUT2D eigenvalue weighted by Crippen LogP contribution is -2.28. The van der Waals surface area contributed by atoms with Crippen molar-refractivity contribution in [1.29, 1.82) is 0 Å². The summed E-state index contributed by atoms with van der Waals surface area (Å²) in [5, 5.41) is 2.57. The molecule has 0 spiro atoms. The molecule has 1 heterocycles. The Labute approximate surface area is 176 Å². The molecule has 1 saturated heterocycles. The van der Waals surface area contributed by atoms with E-state index < -0.39 is 11.1 Å². The minimum Gasteiger partial charge on any atom is -0.482 e. The molecule has 0 unspecified atom stereocenters. The molecule has 6 nitrogen and oxygen atoms in total. The van der Waals surface area contributed by atoms with Crippen LogP contribution in [0.15, 0.2) is 53.4 Å². The first kappa shape index (κ1) is 20.5. The Morgan fingerprint density at radius 3 is 2.69 bits per heavy atom. The summed E-state index contributed by atoms with van der Waals surface area (Å²) in [5.41, 5.74) is 1.28. The van der Waals surface area contributed by atoms with Crippen LogP contribution < -0.4 is 10.1 Å². The molecule has 0 bridgehead atoms. The molecule has 29 heavy (non-hydrogen) atoms. The number of nitrogens with zero attached hydrogens (tertiary/aromatic N) is 1. The predicted molar refractivity (Wildman–Crippen MR) is 114 cm³/mol. The number of imide groups is 1. The molecule has 1 aliphatic rings. The Bertz CT molecular complexity index is 1030. The fourth-order valence-corrected chi connectivity index (χ4v) is 3.55. The third-order valence-electron chi connectivity index (χ3n) is 3.79. The van der Waals surface area contributed by atoms with Gasteiger partial charge in [0.25, 0.3) is 17.1 Å². The van der Waals surface area contributed by atoms with Crippen molar-refractivity contribution in [2.45, 2.75) is 0 Å². The molecule has 0 atom stereocenters. The van der Waals surface area contributed by atoms with E-state index in [-0.39, 0.29) is 29.0 Å². The fourth-order valence-electron chi connectivity index (χ4n) is 2.46. The van der Waals surface area contributed by atoms with Gasteiger partial charge in [0, 0.05) is 5.69 Å². The van der Waals surface area contributed by atoms with Crippen LogP contribution in [0.25, 0.3) is 6.08 Å². The van der Waals surface area contributed by atoms with Gasteiger partial charge in [-0.05, 0) is 47.7 Å². The van der Waals surface area contributed by atoms with E-state index >= 15 is 0 Å². The van der Waals surface area contributed by atoms with Gasteiger partial charge in [0.1, 0.15) is 5.75 Å². The molecule has 3 rings (SSSR count). The Hall–Kier alpha value is -3.21. The van der Waals surface area contributed by atoms with Crippen LogP contribution in [-0.2, 0) is 9.59 Å². The highest BCUT2D eigenvalue weighted by atomic mass is 35.5. The number of para-hydroxylation sites is 1. The minimum atomic E-state index is -0.438. The molecule has 146 valence electrons. The summed E-state index contributed by atoms with van der Waals surface area (Å²) in [6, 6.07) is 13.9. The van der Waals surface area contributed by atoms with Crippen LogP contribution in [0.5, 0.6) is 5.75 Å². The van der Waals surface area contributed by atoms with Crippen molar-refractivity contribution in [3.8, 4) is 18.1 Å². The van der Waals surface area contributed by atoms with Crippen molar-refractivity contribution >= 4 is 52.2 Å². The molecule has 0 radical (unpaired) electrons. The van der Waals surface area contributed by atoms with Crippen LogP contribution in [0.2, 0.25) is 5.02 Å². The van der Waals surface area contributed by atoms with Crippen LogP contribution in [0.3, 0.4) is 0 Å². The minimum absolute atomic E-state index is 0.0689. The number of terminal acetylenes is 1. The normalized spacial score (nSPS) is 14.8. The van der Waals surface area contributed by atoms with Crippen LogP contribution in [0.1, 0.15) is 5.56 Å². The predicted octanol–water partition coefficient (Wildman–Crippen LogP) is 4.03. The highest BCUT2D eigenvalue weighted by Gasteiger charge is 2.34. The first-order valence-electron chi connectivity index (χ1n) is 8.44. The quantitative estimate of drug-likeness (QED) is 0.557. The topological polar surface area (TPSA) is 75.7 Å². The van der Waals surface area contributed by atoms with Gasteiger partial charge in [0.05, 0.1) is 16.5 Å². The maximum atomic E-state index is 12.2. The lowest BCUT2D eigenvalue weighted by Gasteiger charge is -2.09. The molecule has 1 N–H and O–H groups in total. The monoisotopic (exact) mass is 426 g/mol. The largest absolute Gasteiger partial charge is 0.482 e. The number of anilines is 1. The standard InChI is InChI=1S/C21H15ClN2O4S/c1-2-10-24-20(26)18(29-21(24)27)12-14-8-9-17(16(22)11-14)28-13-19(25)23-15-6-4-3-5-7-15/h1,3-9,11-12H,10,13H2,(H,23,25). The zero-order valence-electron chi connectivity index (χ0n) is 15.1. The maximum Gasteiger partial charge on any atom is 0.294 e. The third-order valence-corrected chi connectivity index (χ3v) is 5.00. The smallest absolute Gasteiger partial charge is 0.294 e. The van der Waals surface area contributed by atoms with Crippen molar-refractivity contribution in [2.75, 3.05) is 18.5 Å². The van der Waals surface area contributed by atoms with Gasteiger partial charge in [0.2, 0.25) is 0 Å². The van der Waals surface area contributed by atoms with E-state index in [4.69, 9.17) is 22.8 Å². The average molecular weight is 427 g/mol. The van der Waals surface area contributed by atoms with Gasteiger partial charge < -0.3 is 10.1 Å². The lowest BCUT2D eigenvalue weighted by molar-refractivity contribution is -0.122. The number of hydrogen-bond acceptors (Lipinski definition) is 5. The van der Waals surface area contributed by atoms with Crippen LogP contribution in [0.4, 0.5) is 10.5 Å². The summed E-state index contributed by atoms with van der Waals surface area (Å²) in [7, 11) is 0. The van der Waals surface area contributed by atoms with E-state index in [2.05, 4.69) is 11.2 Å². The SMILES string of the molecule is C#CCN1C(=O)SC(=Cc2ccc(OCC(=O)Nc3ccccc3)c(Cl)c2)C1=O. The molecule has 3 amide bonds. The number of carbonyl (C=O) groups excluding carboxylic acids is 3. The zero-order valence-corrected chi connectivity index (χ0v) is 16.6. The first-order valence-corrected chi connectivity index (χ1v) is 9.63. The Morgan fingerprint density at radius 2 is 2.00 bits per heavy atom. The number of amides is 3. The van der Waals surface area contributed by atoms with Gasteiger partial charge in [-0.15, -0.1) is 6.42 Å². The van der Waals surface area contributed by atoms with Gasteiger partial charge in [-0.2, -0.15) is 0 Å². The number of thioether (sulfide) groups is 1. The molecule has 0 saturated carbocycles. The molecule has 0 aliphatic carbocycles. The van der Waals surface area contributed by atoms with Crippen LogP contribution >= 0.6 is 23.4 Å². The van der Waals surface area contributed by atoms with E-state index in [9.17, 15) is 14.4 Å². The second-order valence-electron chi connectivity index (χ2n) is 5.86. The van der Waals surface area contributed by atoms with Gasteiger partial charge in [-0.25, -0.2) is 0 Å². The van der Waals surface area contributed by atoms with Crippen LogP contribution in [0, 0.1) is 12.3 Å². The van der Waals surface area contributed by atoms with Crippen molar-refractivity contribution in [1.82, 2.24) is 4.90 Å². The fraction of sp³-hybridized carbons (Fsp3) is 0.0952. The second kappa shape index (κ2) is 9.32. The molecule has 2 aromatic rings. The van der Waals surface area contributed by atoms with Gasteiger partial charge in [-0.3, -0.25) is 19.3 Å². The number of rotatable bonds is 6. The Kier molecular flexibility index (Phi) is 6.60. The van der Waals surface area contributed by atoms with E-state index in [1.807, 2.05) is 18.2 Å². The third kappa shape index (κ3) is 5.19. The summed E-state index contributed by atoms with van der Waals surface area (Å²) in [5.74, 6) is 1.85. The highest BCUT2D eigenvalue weighted by molar-refractivity contribution is 8.18. The first-order chi connectivity index (χ1) is 14.0. The summed E-state index contributed by atoms with van der Waals surface area (Å²) in [6.45, 7) is -0.278. The number of ether oxygens (including phenoxy) is 1. The number of nitrogens with one attached hydrogen (secondary N) is 1. The molecule has 2 aromatic carbocycles. The maximum absolute atomic E-state index is 12.2. The van der Waals surface area contributed by atoms with Gasteiger partial charge in [-0.1, -0.05) is 41.8 Å². The van der Waals surface area contributed by atoms with E-state index in [0.717, 1.165) is 16.7 Å². The van der Waals surface area contributed by atoms with E-state index in [1.54, 1.807) is 36.4 Å². The Morgan fingerprint density at radius 1 is 1.24 bits per heavy atom. The van der Waals surface area contributed by atoms with Crippen molar-refractivity contribution in [3.05, 3.63) is 64.0 Å². The molecular formula is C21H15ClN2O4S. The number of halogens is 1. The van der Waals surface area contributed by atoms with Crippen molar-refractivity contribution < 1.29 is 19.1 Å². The Balaban J connectivity index is 1.63. The highest BCUT2D eigenvalue weighted by Crippen LogP contribution is 2.33. The molecule has 8 heteroatoms. The average Bonchev–Trinajstić information content (AvgIpc) is 2.96. The van der Waals surface area contributed by atoms with Crippen molar-refractivity contribution in [3.63, 3.8) is 0 Å². The summed E-state index contributed by atoms with van der Waals surface area (Å²) in [6.07, 6.45) is 6.73. The number of hydrogen-bond donors (Lipinski definition) is 1. The lowest BCUT2D eigenvalue weighted by atomic mass is 10.2. The van der Waals surface area contributed by atoms with E-state index in [0.29, 0.717) is 17.0 Å². The summed E-state index contributed by atoms with van der Waals surface area (Å²) < 4.78 is 5.46. The molecule has 0 aromatic heterocycles. The summed E-state index contributed by atoms with van der Waals surface area (Å²) >= 11 is 7.04.